The summed E-state index contributed by atoms with van der Waals surface area (Å²) in [6.45, 7) is 26.2. The van der Waals surface area contributed by atoms with Gasteiger partial charge in [0.1, 0.15) is 0 Å². The Morgan fingerprint density at radius 2 is 1.62 bits per heavy atom. The molecule has 3 nitrogen and oxygen atoms in total. The topological polar surface area (TPSA) is 35.5 Å². The molecule has 0 radical (unpaired) electrons. The van der Waals surface area contributed by atoms with Crippen LogP contribution in [0.2, 0.25) is 57.0 Å². The van der Waals surface area contributed by atoms with Gasteiger partial charge < -0.3 is 8.85 Å². The van der Waals surface area contributed by atoms with Gasteiger partial charge in [0, 0.05) is 27.7 Å². The average Bonchev–Trinajstić information content (AvgIpc) is 2.55. The normalized spacial score (nSPS) is 14.1. The van der Waals surface area contributed by atoms with Gasteiger partial charge in [0.2, 0.25) is 0 Å². The van der Waals surface area contributed by atoms with Crippen molar-refractivity contribution in [1.82, 2.24) is 0 Å². The van der Waals surface area contributed by atoms with Gasteiger partial charge in [-0.3, -0.25) is 4.79 Å². The van der Waals surface area contributed by atoms with Crippen LogP contribution in [0, 0.1) is 5.92 Å². The van der Waals surface area contributed by atoms with Gasteiger partial charge in [-0.1, -0.05) is 52.4 Å². The maximum Gasteiger partial charge on any atom is 0.173 e. The van der Waals surface area contributed by atoms with Crippen LogP contribution in [-0.4, -0.2) is 43.7 Å². The second kappa shape index (κ2) is 13.4. The van der Waals surface area contributed by atoms with Gasteiger partial charge >= 0.3 is 0 Å². The lowest BCUT2D eigenvalue weighted by atomic mass is 10.0. The molecule has 0 heterocycles. The zero-order valence-corrected chi connectivity index (χ0v) is 24.1. The van der Waals surface area contributed by atoms with E-state index in [0.717, 1.165) is 26.1 Å². The van der Waals surface area contributed by atoms with E-state index in [1.165, 1.54) is 30.6 Å². The van der Waals surface area contributed by atoms with Crippen LogP contribution < -0.4 is 0 Å². The molecule has 0 saturated carbocycles. The summed E-state index contributed by atoms with van der Waals surface area (Å²) in [6, 6.07) is 2.61. The van der Waals surface area contributed by atoms with E-state index in [1.807, 2.05) is 0 Å². The smallest absolute Gasteiger partial charge is 0.173 e. The van der Waals surface area contributed by atoms with E-state index in [1.54, 1.807) is 6.92 Å². The second-order valence-corrected chi connectivity index (χ2v) is 25.7. The van der Waals surface area contributed by atoms with Crippen molar-refractivity contribution in [3.05, 3.63) is 12.2 Å². The minimum absolute atomic E-state index is 0.175. The fourth-order valence-corrected chi connectivity index (χ4v) is 23.9. The minimum Gasteiger partial charge on any atom is -0.456 e. The molecule has 0 amide bonds. The highest BCUT2D eigenvalue weighted by atomic mass is 28.4. The predicted octanol–water partition coefficient (Wildman–Crippen LogP) is 7.43. The third kappa shape index (κ3) is 15.4. The van der Waals surface area contributed by atoms with Crippen molar-refractivity contribution in [2.45, 2.75) is 110 Å². The van der Waals surface area contributed by atoms with Gasteiger partial charge in [0.25, 0.3) is 0 Å². The van der Waals surface area contributed by atoms with Gasteiger partial charge in [-0.05, 0) is 69.2 Å². The molecule has 0 aromatic rings. The SMILES string of the molecule is C=C(C)C(=O)CCC(C)COCCC[Si](C)(C)O[Si](C)(C)C[Si](C)(C)CCCC. The number of hydrogen-bond acceptors (Lipinski definition) is 3. The fourth-order valence-electron chi connectivity index (χ4n) is 4.29. The Balaban J connectivity index is 4.19. The number of unbranched alkanes of at least 4 members (excludes halogenated alkanes) is 1. The molecular weight excluding hydrogens is 409 g/mol. The molecule has 0 bridgehead atoms. The molecule has 0 fully saturated rings. The predicted molar refractivity (Wildman–Crippen MR) is 137 cm³/mol. The lowest BCUT2D eigenvalue weighted by Gasteiger charge is -2.38. The minimum atomic E-state index is -1.64. The lowest BCUT2D eigenvalue weighted by molar-refractivity contribution is -0.115. The van der Waals surface area contributed by atoms with Gasteiger partial charge in [-0.2, -0.15) is 0 Å². The van der Waals surface area contributed by atoms with Crippen molar-refractivity contribution in [1.29, 1.82) is 0 Å². The molecule has 0 aliphatic heterocycles. The Labute approximate surface area is 185 Å². The van der Waals surface area contributed by atoms with Crippen molar-refractivity contribution in [3.8, 4) is 0 Å². The summed E-state index contributed by atoms with van der Waals surface area (Å²) in [7, 11) is -4.37. The zero-order chi connectivity index (χ0) is 22.7. The number of rotatable bonds is 17. The van der Waals surface area contributed by atoms with Crippen LogP contribution in [0.1, 0.15) is 52.9 Å². The van der Waals surface area contributed by atoms with Crippen LogP contribution in [0.5, 0.6) is 0 Å². The van der Waals surface area contributed by atoms with Crippen LogP contribution in [0.4, 0.5) is 0 Å². The number of carbonyl (C=O) groups is 1. The first-order valence-corrected chi connectivity index (χ1v) is 21.3. The van der Waals surface area contributed by atoms with E-state index in [4.69, 9.17) is 8.85 Å². The number of ether oxygens (including phenoxy) is 1. The Morgan fingerprint density at radius 3 is 2.17 bits per heavy atom. The van der Waals surface area contributed by atoms with E-state index < -0.39 is 24.7 Å². The van der Waals surface area contributed by atoms with E-state index in [0.29, 0.717) is 17.9 Å². The largest absolute Gasteiger partial charge is 0.456 e. The lowest BCUT2D eigenvalue weighted by Crippen LogP contribution is -2.49. The summed E-state index contributed by atoms with van der Waals surface area (Å²) in [5.41, 5.74) is 2.04. The second-order valence-electron chi connectivity index (χ2n) is 11.1. The van der Waals surface area contributed by atoms with Gasteiger partial charge in [-0.15, -0.1) is 0 Å². The van der Waals surface area contributed by atoms with E-state index in [9.17, 15) is 4.79 Å². The zero-order valence-electron chi connectivity index (χ0n) is 21.1. The standard InChI is InChI=1S/C23H50O3Si3/c1-11-12-17-27(5,6)20-29(9,10)26-28(7,8)18-13-16-25-19-22(4)14-15-23(24)21(2)3/h22H,2,11-20H2,1,3-10H3. The molecular formula is C23H50O3Si3. The summed E-state index contributed by atoms with van der Waals surface area (Å²) in [5, 5.41) is 0. The Morgan fingerprint density at radius 1 is 1.00 bits per heavy atom. The van der Waals surface area contributed by atoms with Crippen LogP contribution in [0.3, 0.4) is 0 Å². The number of allylic oxidation sites excluding steroid dienone is 1. The maximum absolute atomic E-state index is 11.6. The molecule has 0 saturated heterocycles. The van der Waals surface area contributed by atoms with Crippen LogP contribution in [-0.2, 0) is 13.6 Å². The van der Waals surface area contributed by atoms with Crippen LogP contribution in [0.25, 0.3) is 0 Å². The average molecular weight is 459 g/mol. The molecule has 1 atom stereocenters. The molecule has 0 spiro atoms. The summed E-state index contributed by atoms with van der Waals surface area (Å²) in [5.74, 6) is 0.593. The molecule has 0 aliphatic carbocycles. The number of hydrogen-bond donors (Lipinski definition) is 0. The third-order valence-corrected chi connectivity index (χ3v) is 20.4. The summed E-state index contributed by atoms with van der Waals surface area (Å²) in [6.07, 6.45) is 5.24. The fraction of sp³-hybridized carbons (Fsp3) is 0.870. The first kappa shape index (κ1) is 29.0. The molecule has 0 aliphatic rings. The first-order chi connectivity index (χ1) is 13.2. The van der Waals surface area contributed by atoms with Crippen molar-refractivity contribution in [3.63, 3.8) is 0 Å². The first-order valence-electron chi connectivity index (χ1n) is 11.7. The van der Waals surface area contributed by atoms with Gasteiger partial charge in [0.15, 0.2) is 22.4 Å². The molecule has 0 N–H and O–H groups in total. The van der Waals surface area contributed by atoms with E-state index in [-0.39, 0.29) is 5.78 Å². The van der Waals surface area contributed by atoms with Gasteiger partial charge in [0.05, 0.1) is 0 Å². The molecule has 0 rings (SSSR count). The Bertz CT molecular complexity index is 502. The van der Waals surface area contributed by atoms with E-state index >= 15 is 0 Å². The Kier molecular flexibility index (Phi) is 13.4. The third-order valence-electron chi connectivity index (χ3n) is 5.47. The molecule has 172 valence electrons. The van der Waals surface area contributed by atoms with Crippen LogP contribution in [0.15, 0.2) is 12.2 Å². The van der Waals surface area contributed by atoms with Gasteiger partial charge in [-0.25, -0.2) is 0 Å². The maximum atomic E-state index is 11.6. The molecule has 6 heteroatoms. The summed E-state index contributed by atoms with van der Waals surface area (Å²) >= 11 is 0. The quantitative estimate of drug-likeness (QED) is 0.129. The summed E-state index contributed by atoms with van der Waals surface area (Å²) in [4.78, 5) is 11.6. The molecule has 0 aromatic carbocycles. The molecule has 0 aromatic heterocycles. The molecule has 29 heavy (non-hydrogen) atoms. The highest BCUT2D eigenvalue weighted by Crippen LogP contribution is 2.29. The highest BCUT2D eigenvalue weighted by molar-refractivity contribution is 6.96. The van der Waals surface area contributed by atoms with Crippen molar-refractivity contribution in [2.75, 3.05) is 13.2 Å². The Hall–Kier alpha value is -0.0194. The van der Waals surface area contributed by atoms with Crippen molar-refractivity contribution in [2.24, 2.45) is 5.92 Å². The van der Waals surface area contributed by atoms with Crippen molar-refractivity contribution >= 4 is 30.5 Å². The van der Waals surface area contributed by atoms with Crippen LogP contribution >= 0.6 is 0 Å². The number of carbonyl (C=O) groups excluding carboxylic acids is 1. The number of Topliss-reactive ketones (excluding diaryl/α,β-unsaturated/α-hetero) is 1. The molecule has 1 unspecified atom stereocenters. The highest BCUT2D eigenvalue weighted by Gasteiger charge is 2.37. The van der Waals surface area contributed by atoms with Crippen molar-refractivity contribution < 1.29 is 13.6 Å². The van der Waals surface area contributed by atoms with E-state index in [2.05, 4.69) is 59.7 Å². The monoisotopic (exact) mass is 458 g/mol. The number of ketones is 1. The summed E-state index contributed by atoms with van der Waals surface area (Å²) < 4.78 is 12.8.